The van der Waals surface area contributed by atoms with Crippen molar-refractivity contribution in [2.24, 2.45) is 0 Å². The highest BCUT2D eigenvalue weighted by molar-refractivity contribution is 9.10. The van der Waals surface area contributed by atoms with E-state index in [-0.39, 0.29) is 18.9 Å². The molecular formula is C13H16BrNO4. The van der Waals surface area contributed by atoms with E-state index in [1.807, 2.05) is 25.1 Å². The quantitative estimate of drug-likeness (QED) is 0.829. The molecule has 0 aliphatic heterocycles. The minimum atomic E-state index is -1.10. The van der Waals surface area contributed by atoms with Gasteiger partial charge in [-0.1, -0.05) is 28.1 Å². The van der Waals surface area contributed by atoms with Crippen LogP contribution in [0.15, 0.2) is 22.7 Å². The van der Waals surface area contributed by atoms with E-state index < -0.39 is 12.1 Å². The minimum absolute atomic E-state index is 0.0440. The Kier molecular flexibility index (Phi) is 5.98. The fraction of sp³-hybridized carbons (Fsp3) is 0.385. The molecule has 6 heteroatoms. The van der Waals surface area contributed by atoms with Crippen molar-refractivity contribution >= 4 is 27.8 Å². The predicted molar refractivity (Wildman–Crippen MR) is 74.0 cm³/mol. The number of carbonyl (C=O) groups excluding carboxylic acids is 1. The lowest BCUT2D eigenvalue weighted by molar-refractivity contribution is -0.148. The van der Waals surface area contributed by atoms with Gasteiger partial charge in [0.1, 0.15) is 0 Å². The van der Waals surface area contributed by atoms with Crippen LogP contribution in [0, 0.1) is 6.92 Å². The number of amides is 1. The van der Waals surface area contributed by atoms with Crippen LogP contribution in [0.25, 0.3) is 0 Å². The molecule has 0 spiro atoms. The van der Waals surface area contributed by atoms with E-state index in [4.69, 9.17) is 9.84 Å². The fourth-order valence-corrected chi connectivity index (χ4v) is 1.90. The van der Waals surface area contributed by atoms with Gasteiger partial charge in [0.2, 0.25) is 5.91 Å². The van der Waals surface area contributed by atoms with Crippen molar-refractivity contribution in [1.29, 1.82) is 0 Å². The molecule has 1 atom stereocenters. The van der Waals surface area contributed by atoms with Gasteiger partial charge in [0.15, 0.2) is 6.10 Å². The second kappa shape index (κ2) is 7.25. The second-order valence-corrected chi connectivity index (χ2v) is 4.98. The lowest BCUT2D eigenvalue weighted by Crippen LogP contribution is -2.38. The molecule has 0 aromatic heterocycles. The number of methoxy groups -OCH3 is 1. The lowest BCUT2D eigenvalue weighted by Gasteiger charge is -2.11. The fourth-order valence-electron chi connectivity index (χ4n) is 1.47. The smallest absolute Gasteiger partial charge is 0.334 e. The number of nitrogens with one attached hydrogen (secondary N) is 1. The average Bonchev–Trinajstić information content (AvgIpc) is 2.34. The predicted octanol–water partition coefficient (Wildman–Crippen LogP) is 1.52. The second-order valence-electron chi connectivity index (χ2n) is 4.13. The molecule has 0 heterocycles. The van der Waals surface area contributed by atoms with Crippen LogP contribution in [0.1, 0.15) is 11.1 Å². The molecule has 0 aliphatic carbocycles. The number of carboxylic acids is 1. The Morgan fingerprint density at radius 3 is 2.68 bits per heavy atom. The van der Waals surface area contributed by atoms with Crippen molar-refractivity contribution in [1.82, 2.24) is 5.32 Å². The molecule has 5 nitrogen and oxygen atoms in total. The first-order chi connectivity index (χ1) is 8.93. The molecular weight excluding hydrogens is 314 g/mol. The van der Waals surface area contributed by atoms with Crippen molar-refractivity contribution in [3.63, 3.8) is 0 Å². The monoisotopic (exact) mass is 329 g/mol. The Bertz CT molecular complexity index is 476. The molecule has 0 aliphatic rings. The molecule has 0 fully saturated rings. The summed E-state index contributed by atoms with van der Waals surface area (Å²) in [7, 11) is 1.29. The first kappa shape index (κ1) is 15.7. The molecule has 1 amide bonds. The van der Waals surface area contributed by atoms with Gasteiger partial charge >= 0.3 is 5.97 Å². The number of carbonyl (C=O) groups is 2. The number of ether oxygens (including phenoxy) is 1. The molecule has 0 saturated carbocycles. The van der Waals surface area contributed by atoms with Crippen LogP contribution in [0.3, 0.4) is 0 Å². The Morgan fingerprint density at radius 1 is 1.47 bits per heavy atom. The number of aryl methyl sites for hydroxylation is 1. The Balaban J connectivity index is 2.51. The molecule has 0 radical (unpaired) electrons. The highest BCUT2D eigenvalue weighted by Gasteiger charge is 2.17. The highest BCUT2D eigenvalue weighted by Crippen LogP contribution is 2.17. The van der Waals surface area contributed by atoms with Gasteiger partial charge in [-0.25, -0.2) is 4.79 Å². The molecule has 104 valence electrons. The summed E-state index contributed by atoms with van der Waals surface area (Å²) in [6, 6.07) is 5.66. The summed E-state index contributed by atoms with van der Waals surface area (Å²) < 4.78 is 5.67. The number of benzene rings is 1. The molecule has 0 saturated heterocycles. The first-order valence-electron chi connectivity index (χ1n) is 5.71. The largest absolute Gasteiger partial charge is 0.479 e. The average molecular weight is 330 g/mol. The number of aliphatic carboxylic acids is 1. The molecule has 1 unspecified atom stereocenters. The maximum atomic E-state index is 11.7. The summed E-state index contributed by atoms with van der Waals surface area (Å²) >= 11 is 3.40. The third kappa shape index (κ3) is 5.00. The van der Waals surface area contributed by atoms with Crippen LogP contribution in [0.4, 0.5) is 0 Å². The van der Waals surface area contributed by atoms with Gasteiger partial charge in [0, 0.05) is 11.6 Å². The number of carboxylic acid groups (broad SMARTS) is 1. The summed E-state index contributed by atoms with van der Waals surface area (Å²) in [5.74, 6) is -1.33. The van der Waals surface area contributed by atoms with Gasteiger partial charge in [-0.05, 0) is 24.1 Å². The first-order valence-corrected chi connectivity index (χ1v) is 6.50. The molecule has 0 bridgehead atoms. The number of rotatable bonds is 6. The topological polar surface area (TPSA) is 75.6 Å². The molecule has 1 rings (SSSR count). The molecule has 1 aromatic carbocycles. The molecule has 19 heavy (non-hydrogen) atoms. The van der Waals surface area contributed by atoms with E-state index in [2.05, 4.69) is 21.2 Å². The summed E-state index contributed by atoms with van der Waals surface area (Å²) in [6.07, 6.45) is -0.816. The van der Waals surface area contributed by atoms with E-state index in [0.29, 0.717) is 0 Å². The zero-order valence-electron chi connectivity index (χ0n) is 10.8. The summed E-state index contributed by atoms with van der Waals surface area (Å²) in [6.45, 7) is 1.92. The standard InChI is InChI=1S/C13H16BrNO4/c1-8-3-4-9(5-10(8)14)6-12(16)15-7-11(19-2)13(17)18/h3-5,11H,6-7H2,1-2H3,(H,15,16)(H,17,18). The molecule has 1 aromatic rings. The zero-order valence-corrected chi connectivity index (χ0v) is 12.4. The van der Waals surface area contributed by atoms with Crippen molar-refractivity contribution in [2.45, 2.75) is 19.4 Å². The Hall–Kier alpha value is -1.40. The van der Waals surface area contributed by atoms with Crippen LogP contribution in [-0.2, 0) is 20.7 Å². The Labute approximate surface area is 120 Å². The van der Waals surface area contributed by atoms with Gasteiger partial charge in [0.05, 0.1) is 13.0 Å². The molecule has 2 N–H and O–H groups in total. The van der Waals surface area contributed by atoms with E-state index in [0.717, 1.165) is 15.6 Å². The van der Waals surface area contributed by atoms with Crippen LogP contribution < -0.4 is 5.32 Å². The minimum Gasteiger partial charge on any atom is -0.479 e. The zero-order chi connectivity index (χ0) is 14.4. The van der Waals surface area contributed by atoms with E-state index in [1.54, 1.807) is 0 Å². The summed E-state index contributed by atoms with van der Waals surface area (Å²) in [4.78, 5) is 22.4. The SMILES string of the molecule is COC(CNC(=O)Cc1ccc(C)c(Br)c1)C(=O)O. The van der Waals surface area contributed by atoms with Crippen molar-refractivity contribution in [3.8, 4) is 0 Å². The van der Waals surface area contributed by atoms with E-state index >= 15 is 0 Å². The van der Waals surface area contributed by atoms with E-state index in [9.17, 15) is 9.59 Å². The van der Waals surface area contributed by atoms with Crippen molar-refractivity contribution in [2.75, 3.05) is 13.7 Å². The van der Waals surface area contributed by atoms with Gasteiger partial charge in [-0.15, -0.1) is 0 Å². The highest BCUT2D eigenvalue weighted by atomic mass is 79.9. The number of hydrogen-bond donors (Lipinski definition) is 2. The van der Waals surface area contributed by atoms with Crippen LogP contribution in [-0.4, -0.2) is 36.7 Å². The lowest BCUT2D eigenvalue weighted by atomic mass is 10.1. The third-order valence-electron chi connectivity index (χ3n) is 2.65. The van der Waals surface area contributed by atoms with Gasteiger partial charge in [-0.2, -0.15) is 0 Å². The van der Waals surface area contributed by atoms with Crippen LogP contribution in [0.5, 0.6) is 0 Å². The van der Waals surface area contributed by atoms with Gasteiger partial charge < -0.3 is 15.2 Å². The number of halogens is 1. The normalized spacial score (nSPS) is 11.9. The third-order valence-corrected chi connectivity index (χ3v) is 3.50. The van der Waals surface area contributed by atoms with Crippen molar-refractivity contribution < 1.29 is 19.4 Å². The maximum absolute atomic E-state index is 11.7. The summed E-state index contributed by atoms with van der Waals surface area (Å²) in [5, 5.41) is 11.3. The number of hydrogen-bond acceptors (Lipinski definition) is 3. The Morgan fingerprint density at radius 2 is 2.16 bits per heavy atom. The van der Waals surface area contributed by atoms with Gasteiger partial charge in [0.25, 0.3) is 0 Å². The maximum Gasteiger partial charge on any atom is 0.334 e. The van der Waals surface area contributed by atoms with Crippen molar-refractivity contribution in [3.05, 3.63) is 33.8 Å². The van der Waals surface area contributed by atoms with Crippen LogP contribution >= 0.6 is 15.9 Å². The summed E-state index contributed by atoms with van der Waals surface area (Å²) in [5.41, 5.74) is 1.95. The van der Waals surface area contributed by atoms with Crippen LogP contribution in [0.2, 0.25) is 0 Å². The van der Waals surface area contributed by atoms with Gasteiger partial charge in [-0.3, -0.25) is 4.79 Å². The van der Waals surface area contributed by atoms with E-state index in [1.165, 1.54) is 7.11 Å².